The van der Waals surface area contributed by atoms with E-state index in [9.17, 15) is 4.79 Å². The molecule has 4 bridgehead atoms. The number of amides is 1. The van der Waals surface area contributed by atoms with Crippen molar-refractivity contribution >= 4 is 11.6 Å². The van der Waals surface area contributed by atoms with Crippen molar-refractivity contribution in [2.75, 3.05) is 5.32 Å². The molecular formula is C18H20N2O2W. The summed E-state index contributed by atoms with van der Waals surface area (Å²) in [5, 5.41) is 6.10. The minimum absolute atomic E-state index is 0. The van der Waals surface area contributed by atoms with Crippen molar-refractivity contribution < 1.29 is 30.6 Å². The van der Waals surface area contributed by atoms with E-state index in [1.807, 2.05) is 62.4 Å². The van der Waals surface area contributed by atoms with Gasteiger partial charge in [-0.25, -0.2) is 0 Å². The fraction of sp³-hybridized carbons (Fsp3) is 0.167. The van der Waals surface area contributed by atoms with E-state index in [4.69, 9.17) is 4.74 Å². The first-order valence-electron chi connectivity index (χ1n) is 6.91. The van der Waals surface area contributed by atoms with Crippen molar-refractivity contribution in [1.29, 1.82) is 0 Å². The number of benzene rings is 2. The molecule has 4 nitrogen and oxygen atoms in total. The molecule has 0 radical (unpaired) electrons. The summed E-state index contributed by atoms with van der Waals surface area (Å²) in [6.45, 7) is 3.79. The Labute approximate surface area is 151 Å². The molecule has 1 atom stereocenters. The molecule has 5 heteroatoms. The van der Waals surface area contributed by atoms with Crippen LogP contribution in [0.25, 0.3) is 0 Å². The number of carbonyl (C=O) groups excluding carboxylic acids is 1. The minimum atomic E-state index is -0.322. The van der Waals surface area contributed by atoms with Gasteiger partial charge in [-0.1, -0.05) is 13.0 Å². The monoisotopic (exact) mass is 480 g/mol. The van der Waals surface area contributed by atoms with Crippen molar-refractivity contribution in [3.05, 3.63) is 67.6 Å². The smallest absolute Gasteiger partial charge is 0.470 e. The first-order valence-corrected chi connectivity index (χ1v) is 6.91. The van der Waals surface area contributed by atoms with E-state index < -0.39 is 0 Å². The molecular weight excluding hydrogens is 460 g/mol. The number of ether oxygens (including phenoxy) is 1. The predicted molar refractivity (Wildman–Crippen MR) is 88.6 cm³/mol. The van der Waals surface area contributed by atoms with Crippen molar-refractivity contribution in [1.82, 2.24) is 5.32 Å². The zero-order valence-corrected chi connectivity index (χ0v) is 16.4. The molecule has 2 aromatic carbocycles. The molecule has 3 rings (SSSR count). The van der Waals surface area contributed by atoms with Crippen molar-refractivity contribution in [3.63, 3.8) is 0 Å². The quantitative estimate of drug-likeness (QED) is 0.565. The number of rotatable bonds is 0. The number of hydrogen-bond acceptors (Lipinski definition) is 3. The number of fused-ring (bicyclic) bond motifs is 4. The van der Waals surface area contributed by atoms with E-state index in [0.717, 1.165) is 23.0 Å². The first-order chi connectivity index (χ1) is 10.1. The number of nitrogens with one attached hydrogen (secondary N) is 2. The van der Waals surface area contributed by atoms with Crippen LogP contribution in [0.1, 0.15) is 19.4 Å². The third-order valence-electron chi connectivity index (χ3n) is 3.43. The Morgan fingerprint density at radius 3 is 2.48 bits per heavy atom. The van der Waals surface area contributed by atoms with E-state index in [-0.39, 0.29) is 40.4 Å². The van der Waals surface area contributed by atoms with Crippen LogP contribution < -0.4 is 15.4 Å². The van der Waals surface area contributed by atoms with E-state index in [1.165, 1.54) is 0 Å². The van der Waals surface area contributed by atoms with Gasteiger partial charge in [0, 0.05) is 11.8 Å². The summed E-state index contributed by atoms with van der Waals surface area (Å²) in [4.78, 5) is 12.2. The van der Waals surface area contributed by atoms with Crippen molar-refractivity contribution in [2.24, 2.45) is 0 Å². The molecule has 0 aromatic heterocycles. The van der Waals surface area contributed by atoms with Gasteiger partial charge in [-0.3, -0.25) is 4.79 Å². The zero-order chi connectivity index (χ0) is 14.8. The Morgan fingerprint density at radius 1 is 1.09 bits per heavy atom. The van der Waals surface area contributed by atoms with Gasteiger partial charge >= 0.3 is 21.1 Å². The maximum absolute atomic E-state index is 12.2. The predicted octanol–water partition coefficient (Wildman–Crippen LogP) is 3.76. The van der Waals surface area contributed by atoms with Crippen molar-refractivity contribution in [2.45, 2.75) is 19.9 Å². The molecule has 0 aliphatic carbocycles. The molecule has 1 amide bonds. The number of anilines is 1. The van der Waals surface area contributed by atoms with E-state index in [2.05, 4.69) is 10.6 Å². The summed E-state index contributed by atoms with van der Waals surface area (Å²) in [7, 11) is 0. The summed E-state index contributed by atoms with van der Waals surface area (Å²) in [5.74, 6) is 1.39. The van der Waals surface area contributed by atoms with Crippen LogP contribution in [0.15, 0.2) is 48.5 Å². The van der Waals surface area contributed by atoms with Gasteiger partial charge in [-0.15, -0.1) is 18.2 Å². The normalized spacial score (nSPS) is 16.5. The second-order valence-corrected chi connectivity index (χ2v) is 5.14. The largest absolute Gasteiger partial charge is 2.00 e. The molecule has 0 saturated carbocycles. The Balaban J connectivity index is 0.00000132. The van der Waals surface area contributed by atoms with E-state index >= 15 is 0 Å². The first kappa shape index (κ1) is 19.3. The van der Waals surface area contributed by atoms with Gasteiger partial charge in [0.15, 0.2) is 0 Å². The van der Waals surface area contributed by atoms with Crippen LogP contribution in [0.2, 0.25) is 0 Å². The maximum Gasteiger partial charge on any atom is 2.00 e. The van der Waals surface area contributed by atoms with Gasteiger partial charge < -0.3 is 22.8 Å². The topological polar surface area (TPSA) is 50.4 Å². The Morgan fingerprint density at radius 2 is 1.74 bits per heavy atom. The summed E-state index contributed by atoms with van der Waals surface area (Å²) in [6, 6.07) is 15.8. The van der Waals surface area contributed by atoms with Crippen LogP contribution in [-0.2, 0) is 25.9 Å². The fourth-order valence-corrected chi connectivity index (χ4v) is 2.29. The fourth-order valence-electron chi connectivity index (χ4n) is 2.29. The molecule has 1 aliphatic heterocycles. The molecule has 1 unspecified atom stereocenters. The van der Waals surface area contributed by atoms with Crippen LogP contribution in [0, 0.1) is 13.5 Å². The SMILES string of the molecule is C[C-]1NC(C)C(=O)Nc2cccc(c2)Oc2cccc1c2.[CH3-].[W+2]. The van der Waals surface area contributed by atoms with Gasteiger partial charge in [-0.2, -0.15) is 11.6 Å². The molecule has 1 heterocycles. The molecule has 2 aromatic rings. The number of carbonyl (C=O) groups is 1. The van der Waals surface area contributed by atoms with Gasteiger partial charge in [-0.05, 0) is 25.1 Å². The third kappa shape index (κ3) is 4.60. The van der Waals surface area contributed by atoms with Crippen LogP contribution in [0.5, 0.6) is 11.5 Å². The molecule has 2 N–H and O–H groups in total. The average Bonchev–Trinajstić information content (AvgIpc) is 2.47. The molecule has 0 spiro atoms. The summed E-state index contributed by atoms with van der Waals surface area (Å²) in [5.41, 5.74) is 1.73. The molecule has 23 heavy (non-hydrogen) atoms. The standard InChI is InChI=1S/C17H17N2O2.CH3.W/c1-11-13-5-3-7-15(9-13)21-16-8-4-6-14(10-16)19-17(20)12(2)18-11;;/h3-10,12,18H,1-2H3,(H,19,20);1H3;/q2*-1;+2. The Kier molecular flexibility index (Phi) is 6.86. The molecule has 120 valence electrons. The van der Waals surface area contributed by atoms with Gasteiger partial charge in [0.25, 0.3) is 0 Å². The van der Waals surface area contributed by atoms with Gasteiger partial charge in [0.05, 0.1) is 11.8 Å². The maximum atomic E-state index is 12.2. The Bertz CT molecular complexity index is 676. The molecule has 1 aliphatic rings. The summed E-state index contributed by atoms with van der Waals surface area (Å²) in [6.07, 6.45) is 0. The summed E-state index contributed by atoms with van der Waals surface area (Å²) < 4.78 is 5.85. The molecule has 0 saturated heterocycles. The number of hydrogen-bond donors (Lipinski definition) is 2. The van der Waals surface area contributed by atoms with Gasteiger partial charge in [0.2, 0.25) is 5.91 Å². The van der Waals surface area contributed by atoms with Crippen LogP contribution in [-0.4, -0.2) is 11.9 Å². The minimum Gasteiger partial charge on any atom is -0.470 e. The van der Waals surface area contributed by atoms with Crippen LogP contribution in [0.4, 0.5) is 5.69 Å². The van der Waals surface area contributed by atoms with Crippen molar-refractivity contribution in [3.8, 4) is 11.5 Å². The second kappa shape index (κ2) is 8.18. The third-order valence-corrected chi connectivity index (χ3v) is 3.43. The van der Waals surface area contributed by atoms with Crippen LogP contribution >= 0.6 is 0 Å². The van der Waals surface area contributed by atoms with Gasteiger partial charge in [0.1, 0.15) is 5.75 Å². The van der Waals surface area contributed by atoms with E-state index in [0.29, 0.717) is 5.75 Å². The average molecular weight is 480 g/mol. The zero-order valence-electron chi connectivity index (χ0n) is 13.4. The van der Waals surface area contributed by atoms with Crippen LogP contribution in [0.3, 0.4) is 0 Å². The summed E-state index contributed by atoms with van der Waals surface area (Å²) >= 11 is 0. The second-order valence-electron chi connectivity index (χ2n) is 5.14. The molecule has 0 fully saturated rings. The van der Waals surface area contributed by atoms with E-state index in [1.54, 1.807) is 0 Å². The Hall–Kier alpha value is -1.77.